The summed E-state index contributed by atoms with van der Waals surface area (Å²) < 4.78 is 1.58. The predicted molar refractivity (Wildman–Crippen MR) is 70.8 cm³/mol. The van der Waals surface area contributed by atoms with E-state index in [0.29, 0.717) is 18.7 Å². The fraction of sp³-hybridized carbons (Fsp3) is 0.167. The summed E-state index contributed by atoms with van der Waals surface area (Å²) in [5.41, 5.74) is 0.262. The summed E-state index contributed by atoms with van der Waals surface area (Å²) in [6.07, 6.45) is 4.29. The minimum Gasteiger partial charge on any atom is -0.476 e. The summed E-state index contributed by atoms with van der Waals surface area (Å²) in [4.78, 5) is 30.0. The molecule has 0 unspecified atom stereocenters. The molecule has 2 aromatic rings. The van der Waals surface area contributed by atoms with E-state index in [0.717, 1.165) is 0 Å². The Hall–Kier alpha value is -2.41. The number of nitrogens with zero attached hydrogens (tertiary/aromatic N) is 3. The van der Waals surface area contributed by atoms with Crippen molar-refractivity contribution in [3.63, 3.8) is 0 Å². The van der Waals surface area contributed by atoms with E-state index in [9.17, 15) is 9.59 Å². The summed E-state index contributed by atoms with van der Waals surface area (Å²) in [6, 6.07) is 3.19. The number of halogens is 1. The molecule has 2 rings (SSSR count). The lowest BCUT2D eigenvalue weighted by Crippen LogP contribution is -2.27. The van der Waals surface area contributed by atoms with Gasteiger partial charge in [-0.3, -0.25) is 4.79 Å². The van der Waals surface area contributed by atoms with Crippen molar-refractivity contribution >= 4 is 23.5 Å². The lowest BCUT2D eigenvalue weighted by molar-refractivity contribution is 0.0690. The lowest BCUT2D eigenvalue weighted by atomic mass is 10.2. The summed E-state index contributed by atoms with van der Waals surface area (Å²) in [5.74, 6) is -1.42. The number of pyridine rings is 1. The molecule has 0 saturated carbocycles. The van der Waals surface area contributed by atoms with Crippen molar-refractivity contribution in [3.05, 3.63) is 47.3 Å². The molecule has 0 fully saturated rings. The van der Waals surface area contributed by atoms with E-state index in [2.05, 4.69) is 15.3 Å². The fourth-order valence-electron chi connectivity index (χ4n) is 1.54. The van der Waals surface area contributed by atoms with Crippen LogP contribution in [0.15, 0.2) is 30.9 Å². The minimum absolute atomic E-state index is 0.0355. The predicted octanol–water partition coefficient (Wildman–Crippen LogP) is 1.06. The molecule has 104 valence electrons. The van der Waals surface area contributed by atoms with E-state index < -0.39 is 5.97 Å². The number of rotatable bonds is 5. The zero-order chi connectivity index (χ0) is 14.5. The summed E-state index contributed by atoms with van der Waals surface area (Å²) >= 11 is 5.80. The molecule has 0 aliphatic carbocycles. The van der Waals surface area contributed by atoms with Gasteiger partial charge in [-0.2, -0.15) is 0 Å². The van der Waals surface area contributed by atoms with Gasteiger partial charge in [0.2, 0.25) is 0 Å². The number of aromatic carboxylic acids is 1. The van der Waals surface area contributed by atoms with Crippen LogP contribution in [0.1, 0.15) is 20.8 Å². The van der Waals surface area contributed by atoms with Crippen molar-refractivity contribution in [3.8, 4) is 0 Å². The zero-order valence-electron chi connectivity index (χ0n) is 10.3. The molecule has 0 atom stereocenters. The van der Waals surface area contributed by atoms with Crippen LogP contribution in [0.2, 0.25) is 5.15 Å². The van der Waals surface area contributed by atoms with Gasteiger partial charge in [-0.1, -0.05) is 11.6 Å². The summed E-state index contributed by atoms with van der Waals surface area (Å²) in [6.45, 7) is 0.726. The lowest BCUT2D eigenvalue weighted by Gasteiger charge is -2.06. The third kappa shape index (κ3) is 3.33. The Balaban J connectivity index is 1.88. The van der Waals surface area contributed by atoms with Crippen LogP contribution in [0.25, 0.3) is 0 Å². The van der Waals surface area contributed by atoms with Crippen molar-refractivity contribution in [2.45, 2.75) is 6.54 Å². The van der Waals surface area contributed by atoms with E-state index in [1.165, 1.54) is 18.7 Å². The van der Waals surface area contributed by atoms with Gasteiger partial charge in [0.05, 0.1) is 11.9 Å². The highest BCUT2D eigenvalue weighted by atomic mass is 35.5. The Labute approximate surface area is 119 Å². The molecule has 2 aromatic heterocycles. The second-order valence-corrected chi connectivity index (χ2v) is 4.26. The molecule has 8 heteroatoms. The average Bonchev–Trinajstić information content (AvgIpc) is 2.88. The second kappa shape index (κ2) is 6.16. The molecule has 0 spiro atoms. The highest BCUT2D eigenvalue weighted by Crippen LogP contribution is 2.10. The van der Waals surface area contributed by atoms with E-state index in [-0.39, 0.29) is 16.8 Å². The highest BCUT2D eigenvalue weighted by Gasteiger charge is 2.10. The number of carboxylic acid groups (broad SMARTS) is 1. The first-order valence-corrected chi connectivity index (χ1v) is 6.09. The van der Waals surface area contributed by atoms with Crippen molar-refractivity contribution in [2.75, 3.05) is 6.54 Å². The van der Waals surface area contributed by atoms with Crippen LogP contribution in [0.4, 0.5) is 0 Å². The van der Waals surface area contributed by atoms with Crippen LogP contribution < -0.4 is 5.32 Å². The Morgan fingerprint density at radius 3 is 2.85 bits per heavy atom. The normalized spacial score (nSPS) is 10.2. The van der Waals surface area contributed by atoms with Crippen LogP contribution in [-0.2, 0) is 6.54 Å². The minimum atomic E-state index is -1.09. The zero-order valence-corrected chi connectivity index (χ0v) is 11.0. The van der Waals surface area contributed by atoms with Crippen LogP contribution in [-0.4, -0.2) is 38.1 Å². The standard InChI is InChI=1S/C12H11ClN4O3/c13-10-8(2-1-3-14-10)11(18)15-4-5-17-6-9(12(19)20)16-7-17/h1-3,6-7H,4-5H2,(H,15,18)(H,19,20). The van der Waals surface area contributed by atoms with E-state index in [1.54, 1.807) is 16.7 Å². The molecule has 0 bridgehead atoms. The summed E-state index contributed by atoms with van der Waals surface area (Å²) in [7, 11) is 0. The van der Waals surface area contributed by atoms with Gasteiger partial charge in [-0.15, -0.1) is 0 Å². The SMILES string of the molecule is O=C(O)c1cn(CCNC(=O)c2cccnc2Cl)cn1. The quantitative estimate of drug-likeness (QED) is 0.804. The van der Waals surface area contributed by atoms with Gasteiger partial charge >= 0.3 is 5.97 Å². The number of aromatic nitrogens is 3. The number of amides is 1. The molecule has 2 heterocycles. The van der Waals surface area contributed by atoms with Gasteiger partial charge in [0.15, 0.2) is 5.69 Å². The Morgan fingerprint density at radius 2 is 2.20 bits per heavy atom. The molecule has 0 aromatic carbocycles. The Bertz CT molecular complexity index is 641. The molecular formula is C12H11ClN4O3. The van der Waals surface area contributed by atoms with Gasteiger partial charge < -0.3 is 15.0 Å². The molecule has 2 N–H and O–H groups in total. The summed E-state index contributed by atoms with van der Waals surface area (Å²) in [5, 5.41) is 11.5. The maximum absolute atomic E-state index is 11.8. The Morgan fingerprint density at radius 1 is 1.40 bits per heavy atom. The molecule has 7 nitrogen and oxygen atoms in total. The molecule has 0 aliphatic rings. The van der Waals surface area contributed by atoms with Crippen molar-refractivity contribution in [1.82, 2.24) is 19.9 Å². The van der Waals surface area contributed by atoms with Crippen LogP contribution >= 0.6 is 11.6 Å². The molecule has 20 heavy (non-hydrogen) atoms. The topological polar surface area (TPSA) is 97.1 Å². The third-order valence-corrected chi connectivity index (χ3v) is 2.81. The smallest absolute Gasteiger partial charge is 0.356 e. The van der Waals surface area contributed by atoms with Gasteiger partial charge in [-0.25, -0.2) is 14.8 Å². The maximum atomic E-state index is 11.8. The van der Waals surface area contributed by atoms with E-state index in [1.807, 2.05) is 0 Å². The monoisotopic (exact) mass is 294 g/mol. The van der Waals surface area contributed by atoms with Crippen LogP contribution in [0.5, 0.6) is 0 Å². The number of hydrogen-bond acceptors (Lipinski definition) is 4. The van der Waals surface area contributed by atoms with Crippen molar-refractivity contribution in [1.29, 1.82) is 0 Å². The van der Waals surface area contributed by atoms with Gasteiger partial charge in [0.1, 0.15) is 5.15 Å². The largest absolute Gasteiger partial charge is 0.476 e. The number of imidazole rings is 1. The van der Waals surface area contributed by atoms with Crippen molar-refractivity contribution in [2.24, 2.45) is 0 Å². The van der Waals surface area contributed by atoms with Crippen LogP contribution in [0.3, 0.4) is 0 Å². The first-order chi connectivity index (χ1) is 9.58. The molecule has 0 aliphatic heterocycles. The first-order valence-electron chi connectivity index (χ1n) is 5.71. The Kier molecular flexibility index (Phi) is 4.31. The fourth-order valence-corrected chi connectivity index (χ4v) is 1.75. The number of carbonyl (C=O) groups is 2. The molecular weight excluding hydrogens is 284 g/mol. The third-order valence-electron chi connectivity index (χ3n) is 2.51. The highest BCUT2D eigenvalue weighted by molar-refractivity contribution is 6.32. The number of carbonyl (C=O) groups excluding carboxylic acids is 1. The molecule has 0 saturated heterocycles. The van der Waals surface area contributed by atoms with E-state index in [4.69, 9.17) is 16.7 Å². The molecule has 1 amide bonds. The number of carboxylic acids is 1. The molecule has 0 radical (unpaired) electrons. The number of nitrogens with one attached hydrogen (secondary N) is 1. The first kappa shape index (κ1) is 14.0. The maximum Gasteiger partial charge on any atom is 0.356 e. The van der Waals surface area contributed by atoms with Gasteiger partial charge in [0, 0.05) is 25.5 Å². The van der Waals surface area contributed by atoms with Gasteiger partial charge in [-0.05, 0) is 12.1 Å². The number of hydrogen-bond donors (Lipinski definition) is 2. The van der Waals surface area contributed by atoms with Gasteiger partial charge in [0.25, 0.3) is 5.91 Å². The second-order valence-electron chi connectivity index (χ2n) is 3.90. The van der Waals surface area contributed by atoms with E-state index >= 15 is 0 Å². The average molecular weight is 295 g/mol. The van der Waals surface area contributed by atoms with Crippen molar-refractivity contribution < 1.29 is 14.7 Å². The van der Waals surface area contributed by atoms with Crippen LogP contribution in [0, 0.1) is 0 Å².